The van der Waals surface area contributed by atoms with E-state index in [1.165, 1.54) is 18.4 Å². The first-order valence-electron chi connectivity index (χ1n) is 6.38. The number of halogens is 2. The van der Waals surface area contributed by atoms with Gasteiger partial charge in [0.15, 0.2) is 0 Å². The van der Waals surface area contributed by atoms with Crippen molar-refractivity contribution in [2.45, 2.75) is 13.3 Å². The Kier molecular flexibility index (Phi) is 3.21. The summed E-state index contributed by atoms with van der Waals surface area (Å²) in [4.78, 5) is 0. The molecule has 0 unspecified atom stereocenters. The molecule has 2 aromatic heterocycles. The summed E-state index contributed by atoms with van der Waals surface area (Å²) in [6, 6.07) is 4.87. The third-order valence-electron chi connectivity index (χ3n) is 3.19. The predicted octanol–water partition coefficient (Wildman–Crippen LogP) is 4.02. The van der Waals surface area contributed by atoms with Crippen molar-refractivity contribution in [1.29, 1.82) is 0 Å². The number of benzene rings is 1. The molecule has 0 radical (unpaired) electrons. The van der Waals surface area contributed by atoms with Crippen LogP contribution in [0, 0.1) is 11.6 Å². The van der Waals surface area contributed by atoms with Gasteiger partial charge in [0, 0.05) is 18.1 Å². The van der Waals surface area contributed by atoms with Gasteiger partial charge in [0.05, 0.1) is 11.8 Å². The third-order valence-corrected chi connectivity index (χ3v) is 3.19. The number of aromatic nitrogens is 1. The molecule has 0 bridgehead atoms. The lowest BCUT2D eigenvalue weighted by atomic mass is 10.0. The molecule has 0 aliphatic carbocycles. The van der Waals surface area contributed by atoms with Gasteiger partial charge in [-0.1, -0.05) is 12.1 Å². The number of furan rings is 1. The van der Waals surface area contributed by atoms with Crippen molar-refractivity contribution in [1.82, 2.24) is 5.16 Å². The summed E-state index contributed by atoms with van der Waals surface area (Å²) in [6.45, 7) is 1.92. The molecule has 0 atom stereocenters. The van der Waals surface area contributed by atoms with Crippen LogP contribution in [0.1, 0.15) is 12.7 Å². The number of hydrogen-bond acceptors (Lipinski definition) is 4. The first kappa shape index (κ1) is 13.4. The minimum absolute atomic E-state index is 0.00162. The lowest BCUT2D eigenvalue weighted by Crippen LogP contribution is -1.91. The Labute approximate surface area is 119 Å². The average molecular weight is 290 g/mol. The van der Waals surface area contributed by atoms with Gasteiger partial charge in [-0.15, -0.1) is 0 Å². The molecule has 1 aromatic carbocycles. The second-order valence-corrected chi connectivity index (χ2v) is 4.54. The van der Waals surface area contributed by atoms with Crippen molar-refractivity contribution >= 4 is 5.88 Å². The number of rotatable bonds is 3. The molecule has 2 N–H and O–H groups in total. The van der Waals surface area contributed by atoms with E-state index in [4.69, 9.17) is 14.7 Å². The van der Waals surface area contributed by atoms with Gasteiger partial charge >= 0.3 is 0 Å². The summed E-state index contributed by atoms with van der Waals surface area (Å²) in [6.07, 6.45) is 2.17. The van der Waals surface area contributed by atoms with Crippen LogP contribution in [-0.2, 0) is 6.42 Å². The monoisotopic (exact) mass is 290 g/mol. The van der Waals surface area contributed by atoms with E-state index < -0.39 is 11.6 Å². The Morgan fingerprint density at radius 2 is 1.90 bits per heavy atom. The maximum atomic E-state index is 13.4. The molecule has 0 saturated carbocycles. The number of hydrogen-bond donors (Lipinski definition) is 1. The number of aryl methyl sites for hydroxylation is 1. The first-order valence-corrected chi connectivity index (χ1v) is 6.38. The summed E-state index contributed by atoms with van der Waals surface area (Å²) >= 11 is 0. The Balaban J connectivity index is 2.22. The van der Waals surface area contributed by atoms with Crippen LogP contribution < -0.4 is 5.73 Å². The summed E-state index contributed by atoms with van der Waals surface area (Å²) in [5.74, 6) is -0.696. The van der Waals surface area contributed by atoms with Gasteiger partial charge in [0.2, 0.25) is 5.88 Å². The molecule has 6 heteroatoms. The van der Waals surface area contributed by atoms with Crippen LogP contribution in [0.5, 0.6) is 0 Å². The zero-order valence-corrected chi connectivity index (χ0v) is 11.2. The van der Waals surface area contributed by atoms with Gasteiger partial charge in [-0.05, 0) is 23.8 Å². The lowest BCUT2D eigenvalue weighted by molar-refractivity contribution is 0.439. The minimum Gasteiger partial charge on any atom is -0.469 e. The van der Waals surface area contributed by atoms with E-state index >= 15 is 0 Å². The fourth-order valence-electron chi connectivity index (χ4n) is 2.29. The minimum atomic E-state index is -0.695. The van der Waals surface area contributed by atoms with E-state index in [-0.39, 0.29) is 11.4 Å². The Morgan fingerprint density at radius 1 is 1.19 bits per heavy atom. The largest absolute Gasteiger partial charge is 0.469 e. The van der Waals surface area contributed by atoms with Crippen LogP contribution in [0.15, 0.2) is 39.5 Å². The number of anilines is 1. The highest BCUT2D eigenvalue weighted by atomic mass is 19.1. The van der Waals surface area contributed by atoms with E-state index in [0.717, 1.165) is 6.07 Å². The van der Waals surface area contributed by atoms with Crippen LogP contribution in [0.3, 0.4) is 0 Å². The van der Waals surface area contributed by atoms with Gasteiger partial charge in [-0.3, -0.25) is 0 Å². The summed E-state index contributed by atoms with van der Waals surface area (Å²) in [5.41, 5.74) is 7.48. The highest BCUT2D eigenvalue weighted by molar-refractivity contribution is 5.87. The van der Waals surface area contributed by atoms with E-state index in [0.29, 0.717) is 29.0 Å². The van der Waals surface area contributed by atoms with Crippen molar-refractivity contribution < 1.29 is 17.7 Å². The van der Waals surface area contributed by atoms with E-state index in [1.54, 1.807) is 6.07 Å². The standard InChI is InChI=1S/C15H12F2N2O2/c1-2-12-11(3-4-20-12)14-13(15(18)21-19-14)8-5-9(16)7-10(17)6-8/h3-7H,2,18H2,1H3. The van der Waals surface area contributed by atoms with Crippen LogP contribution in [0.2, 0.25) is 0 Å². The topological polar surface area (TPSA) is 65.2 Å². The molecule has 108 valence electrons. The molecular weight excluding hydrogens is 278 g/mol. The van der Waals surface area contributed by atoms with Crippen molar-refractivity contribution in [2.24, 2.45) is 0 Å². The highest BCUT2D eigenvalue weighted by Gasteiger charge is 2.21. The fourth-order valence-corrected chi connectivity index (χ4v) is 2.29. The molecule has 21 heavy (non-hydrogen) atoms. The maximum absolute atomic E-state index is 13.4. The molecule has 0 aliphatic heterocycles. The molecule has 0 fully saturated rings. The van der Waals surface area contributed by atoms with E-state index in [9.17, 15) is 8.78 Å². The van der Waals surface area contributed by atoms with E-state index in [2.05, 4.69) is 5.16 Å². The molecule has 0 saturated heterocycles. The summed E-state index contributed by atoms with van der Waals surface area (Å²) in [5, 5.41) is 3.90. The predicted molar refractivity (Wildman–Crippen MR) is 73.3 cm³/mol. The SMILES string of the molecule is CCc1occc1-c1noc(N)c1-c1cc(F)cc(F)c1. The smallest absolute Gasteiger partial charge is 0.230 e. The van der Waals surface area contributed by atoms with Gasteiger partial charge in [0.1, 0.15) is 23.1 Å². The van der Waals surface area contributed by atoms with Crippen molar-refractivity contribution in [3.63, 3.8) is 0 Å². The first-order chi connectivity index (χ1) is 10.1. The van der Waals surface area contributed by atoms with Gasteiger partial charge in [-0.25, -0.2) is 8.78 Å². The summed E-state index contributed by atoms with van der Waals surface area (Å²) in [7, 11) is 0. The highest BCUT2D eigenvalue weighted by Crippen LogP contribution is 2.38. The number of nitrogen functional groups attached to an aromatic ring is 1. The quantitative estimate of drug-likeness (QED) is 0.791. The molecule has 4 nitrogen and oxygen atoms in total. The number of nitrogens with zero attached hydrogens (tertiary/aromatic N) is 1. The fraction of sp³-hybridized carbons (Fsp3) is 0.133. The molecule has 0 aliphatic rings. The maximum Gasteiger partial charge on any atom is 0.230 e. The van der Waals surface area contributed by atoms with Gasteiger partial charge < -0.3 is 14.7 Å². The molecule has 0 spiro atoms. The van der Waals surface area contributed by atoms with Crippen LogP contribution >= 0.6 is 0 Å². The average Bonchev–Trinajstić information content (AvgIpc) is 3.02. The normalized spacial score (nSPS) is 11.0. The third kappa shape index (κ3) is 2.29. The van der Waals surface area contributed by atoms with Crippen LogP contribution in [0.4, 0.5) is 14.7 Å². The number of nitrogens with two attached hydrogens (primary N) is 1. The zero-order valence-electron chi connectivity index (χ0n) is 11.2. The zero-order chi connectivity index (χ0) is 15.0. The second kappa shape index (κ2) is 5.05. The van der Waals surface area contributed by atoms with Crippen molar-refractivity contribution in [3.05, 3.63) is 47.9 Å². The molecule has 3 aromatic rings. The Morgan fingerprint density at radius 3 is 2.57 bits per heavy atom. The summed E-state index contributed by atoms with van der Waals surface area (Å²) < 4.78 is 37.2. The molecule has 0 amide bonds. The molecule has 3 rings (SSSR count). The van der Waals surface area contributed by atoms with Crippen molar-refractivity contribution in [2.75, 3.05) is 5.73 Å². The molecular formula is C15H12F2N2O2. The van der Waals surface area contributed by atoms with Gasteiger partial charge in [-0.2, -0.15) is 0 Å². The van der Waals surface area contributed by atoms with Crippen molar-refractivity contribution in [3.8, 4) is 22.4 Å². The van der Waals surface area contributed by atoms with Crippen LogP contribution in [-0.4, -0.2) is 5.16 Å². The van der Waals surface area contributed by atoms with Gasteiger partial charge in [0.25, 0.3) is 0 Å². The lowest BCUT2D eigenvalue weighted by Gasteiger charge is -2.03. The Bertz CT molecular complexity index is 773. The van der Waals surface area contributed by atoms with E-state index in [1.807, 2.05) is 6.92 Å². The Hall–Kier alpha value is -2.63. The van der Waals surface area contributed by atoms with Crippen LogP contribution in [0.25, 0.3) is 22.4 Å². The molecule has 2 heterocycles. The second-order valence-electron chi connectivity index (χ2n) is 4.54.